The Morgan fingerprint density at radius 1 is 1.03 bits per heavy atom. The van der Waals surface area contributed by atoms with E-state index in [4.69, 9.17) is 0 Å². The zero-order valence-corrected chi connectivity index (χ0v) is 18.4. The molecule has 0 aliphatic carbocycles. The summed E-state index contributed by atoms with van der Waals surface area (Å²) in [4.78, 5) is 36.3. The lowest BCUT2D eigenvalue weighted by Gasteiger charge is -2.31. The zero-order valence-electron chi connectivity index (χ0n) is 18.4. The Morgan fingerprint density at radius 3 is 2.44 bits per heavy atom. The van der Waals surface area contributed by atoms with E-state index in [0.29, 0.717) is 55.5 Å². The number of aryl methyl sites for hydroxylation is 2. The lowest BCUT2D eigenvalue weighted by atomic mass is 9.95. The first kappa shape index (κ1) is 21.9. The van der Waals surface area contributed by atoms with Gasteiger partial charge in [0.05, 0.1) is 22.4 Å². The Kier molecular flexibility index (Phi) is 6.44. The van der Waals surface area contributed by atoms with Crippen molar-refractivity contribution in [1.29, 1.82) is 0 Å². The van der Waals surface area contributed by atoms with E-state index in [2.05, 4.69) is 15.3 Å². The minimum atomic E-state index is -0.251. The van der Waals surface area contributed by atoms with Gasteiger partial charge in [-0.05, 0) is 62.9 Å². The molecule has 0 spiro atoms. The molecular weight excluding hydrogens is 407 g/mol. The molecule has 2 heterocycles. The molecule has 2 aromatic carbocycles. The van der Waals surface area contributed by atoms with Gasteiger partial charge in [0.25, 0.3) is 5.91 Å². The molecule has 1 aromatic heterocycles. The lowest BCUT2D eigenvalue weighted by molar-refractivity contribution is -0.126. The Hall–Kier alpha value is -3.35. The largest absolute Gasteiger partial charge is 0.356 e. The van der Waals surface area contributed by atoms with E-state index in [0.717, 1.165) is 16.9 Å². The number of hydrogen-bond acceptors (Lipinski definition) is 4. The van der Waals surface area contributed by atoms with Crippen molar-refractivity contribution in [3.05, 3.63) is 70.8 Å². The molecule has 0 unspecified atom stereocenters. The van der Waals surface area contributed by atoms with E-state index < -0.39 is 0 Å². The van der Waals surface area contributed by atoms with Crippen LogP contribution in [0.4, 0.5) is 4.39 Å². The van der Waals surface area contributed by atoms with Crippen LogP contribution in [0.5, 0.6) is 0 Å². The number of aromatic nitrogens is 2. The van der Waals surface area contributed by atoms with Crippen molar-refractivity contribution >= 4 is 22.8 Å². The van der Waals surface area contributed by atoms with Crippen molar-refractivity contribution in [2.75, 3.05) is 19.6 Å². The van der Waals surface area contributed by atoms with Gasteiger partial charge in [-0.25, -0.2) is 14.4 Å². The van der Waals surface area contributed by atoms with Gasteiger partial charge in [0.2, 0.25) is 5.91 Å². The zero-order chi connectivity index (χ0) is 22.7. The van der Waals surface area contributed by atoms with Crippen LogP contribution in [-0.2, 0) is 11.2 Å². The van der Waals surface area contributed by atoms with Gasteiger partial charge in [-0.1, -0.05) is 18.2 Å². The first-order valence-electron chi connectivity index (χ1n) is 11.0. The normalized spacial score (nSPS) is 14.5. The molecule has 1 fully saturated rings. The number of likely N-dealkylation sites (tertiary alicyclic amines) is 1. The standard InChI is InChI=1S/C25H27FN4O2/c1-16-17(2)29-23-15-20(7-8-22(23)28-16)25(32)30-13-10-19(11-14-30)24(31)27-12-9-18-5-3-4-6-21(18)26/h3-8,15,19H,9-14H2,1-2H3,(H,27,31). The first-order valence-corrected chi connectivity index (χ1v) is 11.0. The number of nitrogens with one attached hydrogen (secondary N) is 1. The van der Waals surface area contributed by atoms with Gasteiger partial charge in [-0.15, -0.1) is 0 Å². The molecule has 7 heteroatoms. The Balaban J connectivity index is 1.30. The number of carbonyl (C=O) groups is 2. The molecule has 3 aromatic rings. The molecule has 0 saturated carbocycles. The summed E-state index contributed by atoms with van der Waals surface area (Å²) in [5.41, 5.74) is 4.40. The summed E-state index contributed by atoms with van der Waals surface area (Å²) in [5.74, 6) is -0.461. The van der Waals surface area contributed by atoms with Crippen LogP contribution in [0.1, 0.15) is 40.2 Å². The van der Waals surface area contributed by atoms with Crippen LogP contribution >= 0.6 is 0 Å². The molecule has 6 nitrogen and oxygen atoms in total. The molecule has 1 saturated heterocycles. The second-order valence-corrected chi connectivity index (χ2v) is 8.30. The van der Waals surface area contributed by atoms with Crippen LogP contribution in [0.2, 0.25) is 0 Å². The topological polar surface area (TPSA) is 75.2 Å². The summed E-state index contributed by atoms with van der Waals surface area (Å²) in [5, 5.41) is 2.91. The third kappa shape index (κ3) is 4.77. The average Bonchev–Trinajstić information content (AvgIpc) is 2.80. The predicted molar refractivity (Wildman–Crippen MR) is 121 cm³/mol. The fraction of sp³-hybridized carbons (Fsp3) is 0.360. The molecule has 1 aliphatic heterocycles. The Labute approximate surface area is 186 Å². The minimum Gasteiger partial charge on any atom is -0.356 e. The maximum Gasteiger partial charge on any atom is 0.253 e. The molecule has 1 N–H and O–H groups in total. The highest BCUT2D eigenvalue weighted by molar-refractivity contribution is 5.97. The summed E-state index contributed by atoms with van der Waals surface area (Å²) >= 11 is 0. The number of carbonyl (C=O) groups excluding carboxylic acids is 2. The van der Waals surface area contributed by atoms with Crippen LogP contribution in [0.25, 0.3) is 11.0 Å². The van der Waals surface area contributed by atoms with Crippen molar-refractivity contribution < 1.29 is 14.0 Å². The van der Waals surface area contributed by atoms with Crippen LogP contribution in [0.3, 0.4) is 0 Å². The maximum atomic E-state index is 13.7. The molecule has 32 heavy (non-hydrogen) atoms. The monoisotopic (exact) mass is 434 g/mol. The van der Waals surface area contributed by atoms with Gasteiger partial charge in [0.1, 0.15) is 5.82 Å². The van der Waals surface area contributed by atoms with Crippen molar-refractivity contribution in [2.45, 2.75) is 33.1 Å². The number of hydrogen-bond donors (Lipinski definition) is 1. The fourth-order valence-corrected chi connectivity index (χ4v) is 4.06. The third-order valence-corrected chi connectivity index (χ3v) is 6.13. The predicted octanol–water partition coefficient (Wildman–Crippen LogP) is 3.60. The summed E-state index contributed by atoms with van der Waals surface area (Å²) < 4.78 is 13.7. The van der Waals surface area contributed by atoms with Crippen LogP contribution in [-0.4, -0.2) is 46.3 Å². The van der Waals surface area contributed by atoms with E-state index in [1.807, 2.05) is 19.9 Å². The molecule has 4 rings (SSSR count). The van der Waals surface area contributed by atoms with Gasteiger partial charge >= 0.3 is 0 Å². The van der Waals surface area contributed by atoms with Crippen LogP contribution in [0.15, 0.2) is 42.5 Å². The van der Waals surface area contributed by atoms with E-state index >= 15 is 0 Å². The van der Waals surface area contributed by atoms with Gasteiger partial charge < -0.3 is 10.2 Å². The van der Waals surface area contributed by atoms with Crippen LogP contribution in [0, 0.1) is 25.6 Å². The number of nitrogens with zero attached hydrogens (tertiary/aromatic N) is 3. The van der Waals surface area contributed by atoms with Crippen molar-refractivity contribution in [2.24, 2.45) is 5.92 Å². The SMILES string of the molecule is Cc1nc2ccc(C(=O)N3CCC(C(=O)NCCc4ccccc4F)CC3)cc2nc1C. The molecule has 166 valence electrons. The molecule has 0 atom stereocenters. The second kappa shape index (κ2) is 9.42. The molecule has 0 radical (unpaired) electrons. The van der Waals surface area contributed by atoms with Crippen molar-refractivity contribution in [3.63, 3.8) is 0 Å². The van der Waals surface area contributed by atoms with Gasteiger partial charge in [-0.3, -0.25) is 9.59 Å². The Bertz CT molecular complexity index is 1160. The summed E-state index contributed by atoms with van der Waals surface area (Å²) in [7, 11) is 0. The molecule has 0 bridgehead atoms. The minimum absolute atomic E-state index is 0.0275. The molecule has 1 aliphatic rings. The first-order chi connectivity index (χ1) is 15.4. The number of fused-ring (bicyclic) bond motifs is 1. The quantitative estimate of drug-likeness (QED) is 0.666. The maximum absolute atomic E-state index is 13.7. The van der Waals surface area contributed by atoms with E-state index in [1.54, 1.807) is 35.2 Å². The summed E-state index contributed by atoms with van der Waals surface area (Å²) in [6.45, 7) is 5.28. The highest BCUT2D eigenvalue weighted by Gasteiger charge is 2.28. The fourth-order valence-electron chi connectivity index (χ4n) is 4.06. The lowest BCUT2D eigenvalue weighted by Crippen LogP contribution is -2.43. The summed E-state index contributed by atoms with van der Waals surface area (Å²) in [6.07, 6.45) is 1.69. The van der Waals surface area contributed by atoms with Gasteiger partial charge in [0, 0.05) is 31.1 Å². The number of amides is 2. The van der Waals surface area contributed by atoms with Gasteiger partial charge in [-0.2, -0.15) is 0 Å². The number of piperidine rings is 1. The Morgan fingerprint density at radius 2 is 1.72 bits per heavy atom. The van der Waals surface area contributed by atoms with Crippen molar-refractivity contribution in [3.8, 4) is 0 Å². The molecular formula is C25H27FN4O2. The smallest absolute Gasteiger partial charge is 0.253 e. The second-order valence-electron chi connectivity index (χ2n) is 8.30. The highest BCUT2D eigenvalue weighted by Crippen LogP contribution is 2.21. The van der Waals surface area contributed by atoms with Crippen LogP contribution < -0.4 is 5.32 Å². The van der Waals surface area contributed by atoms with E-state index in [-0.39, 0.29) is 23.5 Å². The average molecular weight is 435 g/mol. The van der Waals surface area contributed by atoms with Gasteiger partial charge in [0.15, 0.2) is 0 Å². The number of rotatable bonds is 5. The number of benzene rings is 2. The molecule has 2 amide bonds. The third-order valence-electron chi connectivity index (χ3n) is 6.13. The number of halogens is 1. The van der Waals surface area contributed by atoms with E-state index in [9.17, 15) is 14.0 Å². The summed E-state index contributed by atoms with van der Waals surface area (Å²) in [6, 6.07) is 12.0. The highest BCUT2D eigenvalue weighted by atomic mass is 19.1. The van der Waals surface area contributed by atoms with E-state index in [1.165, 1.54) is 6.07 Å². The van der Waals surface area contributed by atoms with Crippen molar-refractivity contribution in [1.82, 2.24) is 20.2 Å².